The van der Waals surface area contributed by atoms with E-state index in [1.54, 1.807) is 6.07 Å². The number of rotatable bonds is 5. The van der Waals surface area contributed by atoms with Crippen molar-refractivity contribution >= 4 is 11.7 Å². The number of amides is 1. The predicted octanol–water partition coefficient (Wildman–Crippen LogP) is 3.54. The van der Waals surface area contributed by atoms with Gasteiger partial charge < -0.3 is 19.7 Å². The Hall–Kier alpha value is -3.68. The number of carbonyl (C=O) groups excluding carboxylic acids is 1. The zero-order valence-electron chi connectivity index (χ0n) is 17.5. The van der Waals surface area contributed by atoms with Crippen molar-refractivity contribution in [2.45, 2.75) is 19.4 Å². The first kappa shape index (κ1) is 20.2. The highest BCUT2D eigenvalue weighted by Gasteiger charge is 2.26. The normalized spacial score (nSPS) is 15.6. The largest absolute Gasteiger partial charge is 0.454 e. The maximum absolute atomic E-state index is 13.6. The first-order valence-corrected chi connectivity index (χ1v) is 10.6. The Morgan fingerprint density at radius 1 is 1.06 bits per heavy atom. The summed E-state index contributed by atoms with van der Waals surface area (Å²) in [5, 5.41) is 3.04. The fraction of sp³-hybridized carbons (Fsp3) is 0.292. The van der Waals surface area contributed by atoms with Gasteiger partial charge in [-0.25, -0.2) is 14.4 Å². The predicted molar refractivity (Wildman–Crippen MR) is 117 cm³/mol. The number of nitrogens with zero attached hydrogens (tertiary/aromatic N) is 3. The van der Waals surface area contributed by atoms with Gasteiger partial charge in [-0.2, -0.15) is 0 Å². The lowest BCUT2D eigenvalue weighted by Crippen LogP contribution is -2.40. The standard InChI is InChI=1S/C24H23FN4O3/c25-19-3-1-2-18(11-19)20-12-23(28-14-27-20)29-8-6-17(7-9-29)24(30)26-13-16-4-5-21-22(10-16)32-15-31-21/h1-5,10-12,14,17H,6-9,13,15H2,(H,26,30). The summed E-state index contributed by atoms with van der Waals surface area (Å²) in [5.74, 6) is 1.97. The molecule has 2 aromatic carbocycles. The van der Waals surface area contributed by atoms with Crippen LogP contribution in [0.1, 0.15) is 18.4 Å². The topological polar surface area (TPSA) is 76.6 Å². The Morgan fingerprint density at radius 3 is 2.75 bits per heavy atom. The highest BCUT2D eigenvalue weighted by molar-refractivity contribution is 5.79. The van der Waals surface area contributed by atoms with Crippen LogP contribution in [0.15, 0.2) is 54.9 Å². The Morgan fingerprint density at radius 2 is 1.91 bits per heavy atom. The van der Waals surface area contributed by atoms with Gasteiger partial charge in [-0.05, 0) is 42.7 Å². The lowest BCUT2D eigenvalue weighted by molar-refractivity contribution is -0.125. The van der Waals surface area contributed by atoms with Gasteiger partial charge in [-0.1, -0.05) is 18.2 Å². The molecule has 7 nitrogen and oxygen atoms in total. The SMILES string of the molecule is O=C(NCc1ccc2c(c1)OCO2)C1CCN(c2cc(-c3cccc(F)c3)ncn2)CC1. The second-order valence-corrected chi connectivity index (χ2v) is 7.94. The molecule has 0 spiro atoms. The van der Waals surface area contributed by atoms with Crippen LogP contribution in [0.25, 0.3) is 11.3 Å². The van der Waals surface area contributed by atoms with E-state index in [4.69, 9.17) is 9.47 Å². The first-order chi connectivity index (χ1) is 15.7. The molecule has 1 N–H and O–H groups in total. The molecule has 2 aliphatic heterocycles. The zero-order chi connectivity index (χ0) is 21.9. The Labute approximate surface area is 185 Å². The van der Waals surface area contributed by atoms with Crippen molar-refractivity contribution in [3.63, 3.8) is 0 Å². The summed E-state index contributed by atoms with van der Waals surface area (Å²) in [6.07, 6.45) is 2.98. The summed E-state index contributed by atoms with van der Waals surface area (Å²) >= 11 is 0. The molecule has 1 aromatic heterocycles. The van der Waals surface area contributed by atoms with Gasteiger partial charge in [0.05, 0.1) is 5.69 Å². The molecule has 0 radical (unpaired) electrons. The van der Waals surface area contributed by atoms with Crippen LogP contribution in [0.3, 0.4) is 0 Å². The van der Waals surface area contributed by atoms with E-state index in [0.717, 1.165) is 43.1 Å². The third-order valence-electron chi connectivity index (χ3n) is 5.87. The van der Waals surface area contributed by atoms with Crippen LogP contribution in [0.2, 0.25) is 0 Å². The Kier molecular flexibility index (Phi) is 5.58. The number of carbonyl (C=O) groups is 1. The molecule has 0 atom stereocenters. The quantitative estimate of drug-likeness (QED) is 0.662. The average molecular weight is 434 g/mol. The highest BCUT2D eigenvalue weighted by Crippen LogP contribution is 2.32. The fourth-order valence-corrected chi connectivity index (χ4v) is 4.08. The molecule has 8 heteroatoms. The summed E-state index contributed by atoms with van der Waals surface area (Å²) in [6, 6.07) is 13.9. The van der Waals surface area contributed by atoms with E-state index in [0.29, 0.717) is 23.6 Å². The van der Waals surface area contributed by atoms with Crippen molar-refractivity contribution < 1.29 is 18.7 Å². The number of fused-ring (bicyclic) bond motifs is 1. The van der Waals surface area contributed by atoms with Gasteiger partial charge in [-0.15, -0.1) is 0 Å². The van der Waals surface area contributed by atoms with Gasteiger partial charge in [0.1, 0.15) is 18.0 Å². The van der Waals surface area contributed by atoms with Crippen molar-refractivity contribution in [3.8, 4) is 22.8 Å². The van der Waals surface area contributed by atoms with E-state index in [1.807, 2.05) is 30.3 Å². The van der Waals surface area contributed by atoms with Crippen LogP contribution >= 0.6 is 0 Å². The lowest BCUT2D eigenvalue weighted by Gasteiger charge is -2.32. The molecule has 164 valence electrons. The number of anilines is 1. The van der Waals surface area contributed by atoms with Gasteiger partial charge >= 0.3 is 0 Å². The summed E-state index contributed by atoms with van der Waals surface area (Å²) in [7, 11) is 0. The second kappa shape index (κ2) is 8.82. The minimum atomic E-state index is -0.296. The van der Waals surface area contributed by atoms with Crippen molar-refractivity contribution in [1.29, 1.82) is 0 Å². The molecule has 0 saturated carbocycles. The number of hydrogen-bond acceptors (Lipinski definition) is 6. The van der Waals surface area contributed by atoms with E-state index < -0.39 is 0 Å². The van der Waals surface area contributed by atoms with Gasteiger partial charge in [0, 0.05) is 37.2 Å². The molecule has 1 amide bonds. The van der Waals surface area contributed by atoms with Crippen LogP contribution < -0.4 is 19.7 Å². The third kappa shape index (κ3) is 4.34. The molecular weight excluding hydrogens is 411 g/mol. The summed E-state index contributed by atoms with van der Waals surface area (Å²) in [6.45, 7) is 2.14. The van der Waals surface area contributed by atoms with Crippen molar-refractivity contribution in [2.75, 3.05) is 24.8 Å². The maximum atomic E-state index is 13.6. The van der Waals surface area contributed by atoms with Gasteiger partial charge in [0.15, 0.2) is 11.5 Å². The molecule has 2 aliphatic rings. The van der Waals surface area contributed by atoms with Gasteiger partial charge in [-0.3, -0.25) is 4.79 Å². The number of benzene rings is 2. The van der Waals surface area contributed by atoms with Crippen LogP contribution in [-0.4, -0.2) is 35.8 Å². The number of ether oxygens (including phenoxy) is 2. The number of hydrogen-bond donors (Lipinski definition) is 1. The van der Waals surface area contributed by atoms with Crippen LogP contribution in [0.5, 0.6) is 11.5 Å². The number of piperidine rings is 1. The molecule has 0 aliphatic carbocycles. The molecule has 3 heterocycles. The zero-order valence-corrected chi connectivity index (χ0v) is 17.5. The number of nitrogens with one attached hydrogen (secondary N) is 1. The molecule has 5 rings (SSSR count). The van der Waals surface area contributed by atoms with Crippen molar-refractivity contribution in [1.82, 2.24) is 15.3 Å². The Balaban J connectivity index is 1.16. The van der Waals surface area contributed by atoms with Crippen LogP contribution in [-0.2, 0) is 11.3 Å². The van der Waals surface area contributed by atoms with Gasteiger partial charge in [0.2, 0.25) is 12.7 Å². The average Bonchev–Trinajstić information content (AvgIpc) is 3.31. The van der Waals surface area contributed by atoms with Gasteiger partial charge in [0.25, 0.3) is 0 Å². The molecule has 3 aromatic rings. The first-order valence-electron chi connectivity index (χ1n) is 10.6. The minimum Gasteiger partial charge on any atom is -0.454 e. The van der Waals surface area contributed by atoms with Crippen LogP contribution in [0, 0.1) is 11.7 Å². The lowest BCUT2D eigenvalue weighted by atomic mass is 9.95. The molecular formula is C24H23FN4O3. The second-order valence-electron chi connectivity index (χ2n) is 7.94. The molecule has 1 saturated heterocycles. The van der Waals surface area contributed by atoms with E-state index in [9.17, 15) is 9.18 Å². The summed E-state index contributed by atoms with van der Waals surface area (Å²) in [4.78, 5) is 23.5. The van der Waals surface area contributed by atoms with E-state index >= 15 is 0 Å². The number of aromatic nitrogens is 2. The van der Waals surface area contributed by atoms with Crippen molar-refractivity contribution in [3.05, 3.63) is 66.2 Å². The van der Waals surface area contributed by atoms with E-state index in [1.165, 1.54) is 18.5 Å². The molecule has 0 unspecified atom stereocenters. The minimum absolute atomic E-state index is 0.0372. The smallest absolute Gasteiger partial charge is 0.231 e. The molecule has 1 fully saturated rings. The summed E-state index contributed by atoms with van der Waals surface area (Å²) in [5.41, 5.74) is 2.37. The van der Waals surface area contributed by atoms with Crippen molar-refractivity contribution in [2.24, 2.45) is 5.92 Å². The Bertz CT molecular complexity index is 1130. The van der Waals surface area contributed by atoms with Crippen LogP contribution in [0.4, 0.5) is 10.2 Å². The third-order valence-corrected chi connectivity index (χ3v) is 5.87. The monoisotopic (exact) mass is 434 g/mol. The number of halogens is 1. The molecule has 32 heavy (non-hydrogen) atoms. The van der Waals surface area contributed by atoms with E-state index in [2.05, 4.69) is 20.2 Å². The van der Waals surface area contributed by atoms with E-state index in [-0.39, 0.29) is 24.4 Å². The maximum Gasteiger partial charge on any atom is 0.231 e. The highest BCUT2D eigenvalue weighted by atomic mass is 19.1. The molecule has 0 bridgehead atoms. The fourth-order valence-electron chi connectivity index (χ4n) is 4.08. The summed E-state index contributed by atoms with van der Waals surface area (Å²) < 4.78 is 24.3.